The molecule has 3 rings (SSSR count). The summed E-state index contributed by atoms with van der Waals surface area (Å²) in [5.74, 6) is 3.55. The van der Waals surface area contributed by atoms with Gasteiger partial charge in [0.1, 0.15) is 17.9 Å². The van der Waals surface area contributed by atoms with Crippen LogP contribution in [-0.2, 0) is 11.8 Å². The molecule has 1 aliphatic rings. The van der Waals surface area contributed by atoms with Gasteiger partial charge in [-0.05, 0) is 18.8 Å². The SMILES string of the molecule is Cn1c(=O)c(C(=O)NCC(=O)O)c(O)c2cnc(C#CC3CC3)nc21. The molecule has 9 nitrogen and oxygen atoms in total. The van der Waals surface area contributed by atoms with Crippen molar-refractivity contribution in [2.75, 3.05) is 6.54 Å². The van der Waals surface area contributed by atoms with E-state index in [1.165, 1.54) is 13.2 Å². The first-order chi connectivity index (χ1) is 11.9. The predicted molar refractivity (Wildman–Crippen MR) is 86.0 cm³/mol. The number of amides is 1. The normalized spacial score (nSPS) is 13.2. The average Bonchev–Trinajstić information content (AvgIpc) is 3.40. The van der Waals surface area contributed by atoms with Gasteiger partial charge in [-0.3, -0.25) is 19.0 Å². The first kappa shape index (κ1) is 16.4. The Hall–Kier alpha value is -3.41. The van der Waals surface area contributed by atoms with Crippen molar-refractivity contribution in [3.63, 3.8) is 0 Å². The Labute approximate surface area is 141 Å². The highest BCUT2D eigenvalue weighted by atomic mass is 16.4. The smallest absolute Gasteiger partial charge is 0.322 e. The van der Waals surface area contributed by atoms with Crippen LogP contribution in [0.25, 0.3) is 11.0 Å². The zero-order chi connectivity index (χ0) is 18.1. The molecule has 0 unspecified atom stereocenters. The van der Waals surface area contributed by atoms with Crippen molar-refractivity contribution in [2.45, 2.75) is 12.8 Å². The van der Waals surface area contributed by atoms with Gasteiger partial charge in [0, 0.05) is 19.2 Å². The zero-order valence-corrected chi connectivity index (χ0v) is 13.2. The van der Waals surface area contributed by atoms with Crippen molar-refractivity contribution in [2.24, 2.45) is 13.0 Å². The third kappa shape index (κ3) is 3.28. The number of carbonyl (C=O) groups excluding carboxylic acids is 1. The number of nitrogens with zero attached hydrogens (tertiary/aromatic N) is 3. The van der Waals surface area contributed by atoms with Crippen LogP contribution in [0.1, 0.15) is 29.0 Å². The molecule has 1 aliphatic carbocycles. The molecule has 128 valence electrons. The molecule has 0 saturated heterocycles. The Kier molecular flexibility index (Phi) is 4.10. The van der Waals surface area contributed by atoms with E-state index in [9.17, 15) is 19.5 Å². The van der Waals surface area contributed by atoms with Crippen LogP contribution >= 0.6 is 0 Å². The third-order valence-electron chi connectivity index (χ3n) is 3.69. The first-order valence-corrected chi connectivity index (χ1v) is 7.48. The number of aryl methyl sites for hydroxylation is 1. The van der Waals surface area contributed by atoms with Gasteiger partial charge in [-0.2, -0.15) is 0 Å². The number of aromatic nitrogens is 3. The second kappa shape index (κ2) is 6.24. The van der Waals surface area contributed by atoms with Gasteiger partial charge in [-0.15, -0.1) is 0 Å². The van der Waals surface area contributed by atoms with E-state index in [0.29, 0.717) is 5.92 Å². The number of carbonyl (C=O) groups is 2. The maximum absolute atomic E-state index is 12.4. The zero-order valence-electron chi connectivity index (χ0n) is 13.2. The molecule has 25 heavy (non-hydrogen) atoms. The summed E-state index contributed by atoms with van der Waals surface area (Å²) in [5.41, 5.74) is -1.23. The van der Waals surface area contributed by atoms with Crippen molar-refractivity contribution in [3.05, 3.63) is 27.9 Å². The summed E-state index contributed by atoms with van der Waals surface area (Å²) in [5, 5.41) is 21.0. The molecular formula is C16H14N4O5. The maximum atomic E-state index is 12.4. The Morgan fingerprint density at radius 3 is 2.80 bits per heavy atom. The molecule has 2 aromatic heterocycles. The number of hydrogen-bond acceptors (Lipinski definition) is 6. The minimum Gasteiger partial charge on any atom is -0.506 e. The van der Waals surface area contributed by atoms with Gasteiger partial charge < -0.3 is 15.5 Å². The quantitative estimate of drug-likeness (QED) is 0.647. The van der Waals surface area contributed by atoms with Gasteiger partial charge in [0.2, 0.25) is 5.82 Å². The molecule has 0 spiro atoms. The van der Waals surface area contributed by atoms with Crippen molar-refractivity contribution in [1.82, 2.24) is 19.9 Å². The number of rotatable bonds is 3. The molecule has 0 aromatic carbocycles. The summed E-state index contributed by atoms with van der Waals surface area (Å²) in [7, 11) is 1.39. The molecule has 0 aliphatic heterocycles. The van der Waals surface area contributed by atoms with E-state index in [1.807, 2.05) is 5.32 Å². The van der Waals surface area contributed by atoms with Crippen molar-refractivity contribution >= 4 is 22.9 Å². The summed E-state index contributed by atoms with van der Waals surface area (Å²) >= 11 is 0. The number of carboxylic acids is 1. The minimum atomic E-state index is -1.27. The van der Waals surface area contributed by atoms with Gasteiger partial charge >= 0.3 is 5.97 Å². The van der Waals surface area contributed by atoms with Crippen LogP contribution in [0, 0.1) is 17.8 Å². The number of aromatic hydroxyl groups is 1. The topological polar surface area (TPSA) is 134 Å². The van der Waals surface area contributed by atoms with Crippen LogP contribution in [-0.4, -0.2) is 43.2 Å². The van der Waals surface area contributed by atoms with Crippen LogP contribution in [0.4, 0.5) is 0 Å². The van der Waals surface area contributed by atoms with Crippen LogP contribution in [0.3, 0.4) is 0 Å². The number of nitrogens with one attached hydrogen (secondary N) is 1. The number of fused-ring (bicyclic) bond motifs is 1. The standard InChI is InChI=1S/C16H14N4O5/c1-20-14-9(6-17-10(19-14)5-4-8-2-3-8)13(23)12(16(20)25)15(24)18-7-11(21)22/h6,8,23H,2-3,7H2,1H3,(H,18,24)(H,21,22). The first-order valence-electron chi connectivity index (χ1n) is 7.48. The van der Waals surface area contributed by atoms with Crippen LogP contribution < -0.4 is 10.9 Å². The Bertz CT molecular complexity index is 1010. The van der Waals surface area contributed by atoms with E-state index >= 15 is 0 Å². The van der Waals surface area contributed by atoms with Crippen molar-refractivity contribution < 1.29 is 19.8 Å². The number of carboxylic acid groups (broad SMARTS) is 1. The van der Waals surface area contributed by atoms with Crippen molar-refractivity contribution in [3.8, 4) is 17.6 Å². The molecule has 3 N–H and O–H groups in total. The highest BCUT2D eigenvalue weighted by Crippen LogP contribution is 2.27. The average molecular weight is 342 g/mol. The summed E-state index contributed by atoms with van der Waals surface area (Å²) in [6.45, 7) is -0.675. The molecule has 0 bridgehead atoms. The van der Waals surface area contributed by atoms with Crippen LogP contribution in [0.15, 0.2) is 11.0 Å². The molecule has 2 aromatic rings. The summed E-state index contributed by atoms with van der Waals surface area (Å²) in [4.78, 5) is 43.1. The summed E-state index contributed by atoms with van der Waals surface area (Å²) < 4.78 is 1.09. The van der Waals surface area contributed by atoms with Gasteiger partial charge in [0.05, 0.1) is 5.39 Å². The van der Waals surface area contributed by atoms with Gasteiger partial charge in [0.25, 0.3) is 11.5 Å². The fourth-order valence-corrected chi connectivity index (χ4v) is 2.20. The molecule has 2 heterocycles. The molecular weight excluding hydrogens is 328 g/mol. The second-order valence-corrected chi connectivity index (χ2v) is 5.64. The Morgan fingerprint density at radius 1 is 1.44 bits per heavy atom. The number of aliphatic carboxylic acids is 1. The predicted octanol–water partition coefficient (Wildman–Crippen LogP) is -0.390. The van der Waals surface area contributed by atoms with Gasteiger partial charge in [-0.1, -0.05) is 5.92 Å². The Morgan fingerprint density at radius 2 is 2.16 bits per heavy atom. The van der Waals surface area contributed by atoms with E-state index in [4.69, 9.17) is 5.11 Å². The van der Waals surface area contributed by atoms with E-state index in [-0.39, 0.29) is 16.9 Å². The second-order valence-electron chi connectivity index (χ2n) is 5.64. The largest absolute Gasteiger partial charge is 0.506 e. The molecule has 1 saturated carbocycles. The van der Waals surface area contributed by atoms with E-state index in [1.54, 1.807) is 0 Å². The number of pyridine rings is 1. The monoisotopic (exact) mass is 342 g/mol. The molecule has 9 heteroatoms. The lowest BCUT2D eigenvalue weighted by atomic mass is 10.1. The van der Waals surface area contributed by atoms with Crippen molar-refractivity contribution in [1.29, 1.82) is 0 Å². The summed E-state index contributed by atoms with van der Waals surface area (Å²) in [6, 6.07) is 0. The molecule has 1 fully saturated rings. The molecule has 0 radical (unpaired) electrons. The van der Waals surface area contributed by atoms with E-state index < -0.39 is 35.3 Å². The Balaban J connectivity index is 2.08. The minimum absolute atomic E-state index is 0.0968. The van der Waals surface area contributed by atoms with Crippen LogP contribution in [0.5, 0.6) is 5.75 Å². The lowest BCUT2D eigenvalue weighted by Gasteiger charge is -2.10. The van der Waals surface area contributed by atoms with Gasteiger partial charge in [0.15, 0.2) is 5.65 Å². The van der Waals surface area contributed by atoms with E-state index in [0.717, 1.165) is 17.4 Å². The third-order valence-corrected chi connectivity index (χ3v) is 3.69. The fourth-order valence-electron chi connectivity index (χ4n) is 2.20. The van der Waals surface area contributed by atoms with E-state index in [2.05, 4.69) is 21.8 Å². The van der Waals surface area contributed by atoms with Crippen LogP contribution in [0.2, 0.25) is 0 Å². The lowest BCUT2D eigenvalue weighted by Crippen LogP contribution is -2.35. The molecule has 0 atom stereocenters. The fraction of sp³-hybridized carbons (Fsp3) is 0.312. The lowest BCUT2D eigenvalue weighted by molar-refractivity contribution is -0.135. The molecule has 1 amide bonds. The highest BCUT2D eigenvalue weighted by molar-refractivity contribution is 6.02. The number of hydrogen-bond donors (Lipinski definition) is 3. The maximum Gasteiger partial charge on any atom is 0.322 e. The van der Waals surface area contributed by atoms with Gasteiger partial charge in [-0.25, -0.2) is 9.97 Å². The highest BCUT2D eigenvalue weighted by Gasteiger charge is 2.23. The summed E-state index contributed by atoms with van der Waals surface area (Å²) in [6.07, 6.45) is 3.38.